The lowest BCUT2D eigenvalue weighted by Gasteiger charge is -2.20. The van der Waals surface area contributed by atoms with Crippen molar-refractivity contribution in [3.63, 3.8) is 0 Å². The smallest absolute Gasteiger partial charge is 0.269 e. The van der Waals surface area contributed by atoms with E-state index in [0.717, 1.165) is 13.1 Å². The molecular weight excluding hydrogens is 268 g/mol. The number of ketones is 1. The fraction of sp³-hybridized carbons (Fsp3) is 0.438. The summed E-state index contributed by atoms with van der Waals surface area (Å²) < 4.78 is 0. The molecule has 1 saturated heterocycles. The maximum absolute atomic E-state index is 12.3. The molecule has 0 spiro atoms. The average molecular weight is 288 g/mol. The zero-order valence-electron chi connectivity index (χ0n) is 12.1. The van der Waals surface area contributed by atoms with Crippen LogP contribution >= 0.6 is 0 Å². The van der Waals surface area contributed by atoms with Crippen LogP contribution in [0.15, 0.2) is 36.4 Å². The Hall–Kier alpha value is -2.01. The van der Waals surface area contributed by atoms with Crippen LogP contribution in [0.5, 0.6) is 0 Å². The molecule has 0 N–H and O–H groups in total. The van der Waals surface area contributed by atoms with E-state index in [1.165, 1.54) is 49.9 Å². The number of rotatable bonds is 5. The molecule has 0 amide bonds. The number of Topliss-reactive ketones (excluding diaryl/α,β-unsaturated/α-hetero) is 1. The Balaban J connectivity index is 1.98. The van der Waals surface area contributed by atoms with Gasteiger partial charge in [-0.15, -0.1) is 0 Å². The summed E-state index contributed by atoms with van der Waals surface area (Å²) in [6.45, 7) is 6.48. The van der Waals surface area contributed by atoms with Crippen LogP contribution < -0.4 is 0 Å². The van der Waals surface area contributed by atoms with E-state index in [0.29, 0.717) is 17.7 Å². The van der Waals surface area contributed by atoms with E-state index < -0.39 is 4.92 Å². The van der Waals surface area contributed by atoms with Gasteiger partial charge in [-0.3, -0.25) is 19.8 Å². The third-order valence-electron chi connectivity index (χ3n) is 3.77. The number of nitro benzene ring substituents is 1. The van der Waals surface area contributed by atoms with Crippen molar-refractivity contribution in [1.82, 2.24) is 4.90 Å². The molecule has 1 aromatic rings. The van der Waals surface area contributed by atoms with E-state index in [1.807, 2.05) is 0 Å². The molecule has 5 heteroatoms. The normalized spacial score (nSPS) is 16.2. The largest absolute Gasteiger partial charge is 0.299 e. The summed E-state index contributed by atoms with van der Waals surface area (Å²) >= 11 is 0. The van der Waals surface area contributed by atoms with Crippen LogP contribution in [0.3, 0.4) is 0 Å². The quantitative estimate of drug-likeness (QED) is 0.361. The number of hydrogen-bond acceptors (Lipinski definition) is 4. The standard InChI is InChI=1S/C16H20N2O3/c1-13(12-17-10-4-2-3-5-11-17)16(19)14-6-8-15(9-7-14)18(20)21/h6-9H,1-5,10-12H2. The van der Waals surface area contributed by atoms with Crippen molar-refractivity contribution in [2.24, 2.45) is 0 Å². The van der Waals surface area contributed by atoms with Crippen molar-refractivity contribution in [3.05, 3.63) is 52.1 Å². The molecule has 0 atom stereocenters. The molecule has 1 aliphatic rings. The van der Waals surface area contributed by atoms with Gasteiger partial charge < -0.3 is 0 Å². The maximum Gasteiger partial charge on any atom is 0.269 e. The Morgan fingerprint density at radius 3 is 2.24 bits per heavy atom. The minimum atomic E-state index is -0.472. The van der Waals surface area contributed by atoms with Gasteiger partial charge in [-0.1, -0.05) is 19.4 Å². The lowest BCUT2D eigenvalue weighted by atomic mass is 10.0. The van der Waals surface area contributed by atoms with Gasteiger partial charge in [0.05, 0.1) is 4.92 Å². The Morgan fingerprint density at radius 2 is 1.71 bits per heavy atom. The molecule has 112 valence electrons. The van der Waals surface area contributed by atoms with E-state index in [1.54, 1.807) is 0 Å². The molecule has 0 aromatic heterocycles. The summed E-state index contributed by atoms with van der Waals surface area (Å²) in [7, 11) is 0. The van der Waals surface area contributed by atoms with Gasteiger partial charge in [0.15, 0.2) is 5.78 Å². The van der Waals surface area contributed by atoms with Crippen LogP contribution in [0.2, 0.25) is 0 Å². The van der Waals surface area contributed by atoms with Gasteiger partial charge in [0.2, 0.25) is 0 Å². The number of likely N-dealkylation sites (tertiary alicyclic amines) is 1. The van der Waals surface area contributed by atoms with E-state index >= 15 is 0 Å². The van der Waals surface area contributed by atoms with Crippen molar-refractivity contribution < 1.29 is 9.72 Å². The molecule has 1 aliphatic heterocycles. The molecule has 0 saturated carbocycles. The van der Waals surface area contributed by atoms with Crippen LogP contribution in [0.1, 0.15) is 36.0 Å². The second-order valence-corrected chi connectivity index (χ2v) is 5.43. The Labute approximate surface area is 124 Å². The molecule has 0 aliphatic carbocycles. The van der Waals surface area contributed by atoms with Gasteiger partial charge in [0, 0.05) is 29.8 Å². The van der Waals surface area contributed by atoms with Gasteiger partial charge in [-0.05, 0) is 38.1 Å². The van der Waals surface area contributed by atoms with Crippen molar-refractivity contribution >= 4 is 11.5 Å². The molecule has 1 aromatic carbocycles. The number of non-ortho nitro benzene ring substituents is 1. The lowest BCUT2D eigenvalue weighted by molar-refractivity contribution is -0.384. The third-order valence-corrected chi connectivity index (χ3v) is 3.77. The highest BCUT2D eigenvalue weighted by molar-refractivity contribution is 6.08. The second-order valence-electron chi connectivity index (χ2n) is 5.43. The minimum Gasteiger partial charge on any atom is -0.299 e. The van der Waals surface area contributed by atoms with Gasteiger partial charge >= 0.3 is 0 Å². The number of hydrogen-bond donors (Lipinski definition) is 0. The number of carbonyl (C=O) groups excluding carboxylic acids is 1. The van der Waals surface area contributed by atoms with E-state index in [9.17, 15) is 14.9 Å². The van der Waals surface area contributed by atoms with E-state index in [-0.39, 0.29) is 11.5 Å². The maximum atomic E-state index is 12.3. The monoisotopic (exact) mass is 288 g/mol. The molecule has 21 heavy (non-hydrogen) atoms. The summed E-state index contributed by atoms with van der Waals surface area (Å²) in [5.41, 5.74) is 0.996. The second kappa shape index (κ2) is 7.13. The molecular formula is C16H20N2O3. The first-order chi connectivity index (χ1) is 10.1. The van der Waals surface area contributed by atoms with Crippen molar-refractivity contribution in [2.75, 3.05) is 19.6 Å². The first-order valence-corrected chi connectivity index (χ1v) is 7.27. The Kier molecular flexibility index (Phi) is 5.22. The first-order valence-electron chi connectivity index (χ1n) is 7.27. The van der Waals surface area contributed by atoms with Gasteiger partial charge in [0.1, 0.15) is 0 Å². The first kappa shape index (κ1) is 15.4. The molecule has 5 nitrogen and oxygen atoms in total. The summed E-state index contributed by atoms with van der Waals surface area (Å²) in [5, 5.41) is 10.6. The van der Waals surface area contributed by atoms with Crippen molar-refractivity contribution in [3.8, 4) is 0 Å². The van der Waals surface area contributed by atoms with Crippen LogP contribution in [-0.4, -0.2) is 35.2 Å². The molecule has 1 heterocycles. The topological polar surface area (TPSA) is 63.5 Å². The summed E-state index contributed by atoms with van der Waals surface area (Å²) in [4.78, 5) is 24.7. The summed E-state index contributed by atoms with van der Waals surface area (Å²) in [6.07, 6.45) is 4.83. The van der Waals surface area contributed by atoms with Crippen LogP contribution in [0.25, 0.3) is 0 Å². The summed E-state index contributed by atoms with van der Waals surface area (Å²) in [6, 6.07) is 5.70. The number of nitro groups is 1. The zero-order valence-corrected chi connectivity index (χ0v) is 12.1. The molecule has 1 fully saturated rings. The van der Waals surface area contributed by atoms with Crippen LogP contribution in [-0.2, 0) is 0 Å². The third kappa shape index (κ3) is 4.23. The predicted molar refractivity (Wildman–Crippen MR) is 81.5 cm³/mol. The number of nitrogens with zero attached hydrogens (tertiary/aromatic N) is 2. The average Bonchev–Trinajstić information content (AvgIpc) is 2.75. The fourth-order valence-electron chi connectivity index (χ4n) is 2.57. The molecule has 0 bridgehead atoms. The van der Waals surface area contributed by atoms with Gasteiger partial charge in [-0.25, -0.2) is 0 Å². The van der Waals surface area contributed by atoms with Crippen molar-refractivity contribution in [1.29, 1.82) is 0 Å². The van der Waals surface area contributed by atoms with E-state index in [2.05, 4.69) is 11.5 Å². The number of carbonyl (C=O) groups is 1. The number of benzene rings is 1. The van der Waals surface area contributed by atoms with Gasteiger partial charge in [0.25, 0.3) is 5.69 Å². The minimum absolute atomic E-state index is 0.00956. The Bertz CT molecular complexity index is 529. The molecule has 0 radical (unpaired) electrons. The molecule has 0 unspecified atom stereocenters. The zero-order chi connectivity index (χ0) is 15.2. The van der Waals surface area contributed by atoms with E-state index in [4.69, 9.17) is 0 Å². The SMILES string of the molecule is C=C(CN1CCCCCC1)C(=O)c1ccc([N+](=O)[O-])cc1. The van der Waals surface area contributed by atoms with Gasteiger partial charge in [-0.2, -0.15) is 0 Å². The van der Waals surface area contributed by atoms with Crippen LogP contribution in [0, 0.1) is 10.1 Å². The highest BCUT2D eigenvalue weighted by atomic mass is 16.6. The fourth-order valence-corrected chi connectivity index (χ4v) is 2.57. The Morgan fingerprint density at radius 1 is 1.14 bits per heavy atom. The highest BCUT2D eigenvalue weighted by Crippen LogP contribution is 2.16. The highest BCUT2D eigenvalue weighted by Gasteiger charge is 2.16. The predicted octanol–water partition coefficient (Wildman–Crippen LogP) is 3.21. The van der Waals surface area contributed by atoms with Crippen molar-refractivity contribution in [2.45, 2.75) is 25.7 Å². The lowest BCUT2D eigenvalue weighted by Crippen LogP contribution is -2.28. The molecule has 2 rings (SSSR count). The van der Waals surface area contributed by atoms with Crippen LogP contribution in [0.4, 0.5) is 5.69 Å². The summed E-state index contributed by atoms with van der Waals surface area (Å²) in [5.74, 6) is -0.130.